The molecular weight excluding hydrogens is 323 g/mol. The predicted molar refractivity (Wildman–Crippen MR) is 80.1 cm³/mol. The average molecular weight is 341 g/mol. The van der Waals surface area contributed by atoms with E-state index in [1.165, 1.54) is 0 Å². The molecule has 0 aliphatic rings. The van der Waals surface area contributed by atoms with E-state index in [9.17, 15) is 18.0 Å². The Morgan fingerprint density at radius 3 is 2.79 bits per heavy atom. The minimum atomic E-state index is -4.51. The Morgan fingerprint density at radius 2 is 2.12 bits per heavy atom. The van der Waals surface area contributed by atoms with Crippen LogP contribution in [0.25, 0.3) is 0 Å². The molecule has 24 heavy (non-hydrogen) atoms. The van der Waals surface area contributed by atoms with Crippen LogP contribution in [0, 0.1) is 0 Å². The molecule has 0 spiro atoms. The standard InChI is InChI=1S/C15H18F3N5O/c1-10(2)14-22-21-9-23(14)6-5-20-13(24)7-11-8-19-4-3-12(11)15(16,17)18/h3-4,8-10H,5-7H2,1-2H3,(H,20,24). The Labute approximate surface area is 137 Å². The van der Waals surface area contributed by atoms with Crippen LogP contribution in [0.3, 0.4) is 0 Å². The van der Waals surface area contributed by atoms with Crippen LogP contribution < -0.4 is 5.32 Å². The van der Waals surface area contributed by atoms with Crippen LogP contribution in [0.2, 0.25) is 0 Å². The molecule has 0 aliphatic heterocycles. The van der Waals surface area contributed by atoms with E-state index in [0.717, 1.165) is 24.3 Å². The topological polar surface area (TPSA) is 72.7 Å². The van der Waals surface area contributed by atoms with Gasteiger partial charge in [0.25, 0.3) is 0 Å². The SMILES string of the molecule is CC(C)c1nncn1CCNC(=O)Cc1cnccc1C(F)(F)F. The average Bonchev–Trinajstić information content (AvgIpc) is 2.95. The van der Waals surface area contributed by atoms with Gasteiger partial charge in [-0.2, -0.15) is 13.2 Å². The maximum Gasteiger partial charge on any atom is 0.416 e. The number of carbonyl (C=O) groups is 1. The summed E-state index contributed by atoms with van der Waals surface area (Å²) in [6.45, 7) is 4.67. The van der Waals surface area contributed by atoms with Crippen molar-refractivity contribution in [1.82, 2.24) is 25.1 Å². The van der Waals surface area contributed by atoms with Gasteiger partial charge in [-0.1, -0.05) is 13.8 Å². The number of aromatic nitrogens is 4. The van der Waals surface area contributed by atoms with Crippen LogP contribution in [-0.2, 0) is 23.9 Å². The maximum atomic E-state index is 12.9. The summed E-state index contributed by atoms with van der Waals surface area (Å²) in [7, 11) is 0. The summed E-state index contributed by atoms with van der Waals surface area (Å²) < 4.78 is 40.4. The van der Waals surface area contributed by atoms with Crippen molar-refractivity contribution in [2.45, 2.75) is 38.9 Å². The Kier molecular flexibility index (Phi) is 5.53. The first-order chi connectivity index (χ1) is 11.3. The van der Waals surface area contributed by atoms with Crippen LogP contribution in [0.5, 0.6) is 0 Å². The summed E-state index contributed by atoms with van der Waals surface area (Å²) in [5, 5.41) is 10.4. The first kappa shape index (κ1) is 17.9. The molecule has 0 aliphatic carbocycles. The predicted octanol–water partition coefficient (Wildman–Crippen LogP) is 2.17. The van der Waals surface area contributed by atoms with Crippen molar-refractivity contribution in [3.05, 3.63) is 41.7 Å². The van der Waals surface area contributed by atoms with E-state index >= 15 is 0 Å². The highest BCUT2D eigenvalue weighted by molar-refractivity contribution is 5.78. The molecule has 0 saturated heterocycles. The molecule has 1 amide bonds. The first-order valence-electron chi connectivity index (χ1n) is 7.43. The molecule has 0 fully saturated rings. The van der Waals surface area contributed by atoms with Crippen molar-refractivity contribution >= 4 is 5.91 Å². The van der Waals surface area contributed by atoms with Crippen molar-refractivity contribution < 1.29 is 18.0 Å². The Bertz CT molecular complexity index is 696. The molecule has 0 atom stereocenters. The first-order valence-corrected chi connectivity index (χ1v) is 7.43. The van der Waals surface area contributed by atoms with E-state index in [4.69, 9.17) is 0 Å². The molecule has 130 valence electrons. The van der Waals surface area contributed by atoms with Gasteiger partial charge in [-0.05, 0) is 11.6 Å². The van der Waals surface area contributed by atoms with Crippen LogP contribution in [-0.4, -0.2) is 32.2 Å². The molecule has 0 bridgehead atoms. The lowest BCUT2D eigenvalue weighted by Gasteiger charge is -2.13. The second kappa shape index (κ2) is 7.41. The molecular formula is C15H18F3N5O. The van der Waals surface area contributed by atoms with Gasteiger partial charge in [-0.15, -0.1) is 10.2 Å². The van der Waals surface area contributed by atoms with Crippen LogP contribution in [0.1, 0.15) is 36.7 Å². The zero-order valence-corrected chi connectivity index (χ0v) is 13.3. The van der Waals surface area contributed by atoms with E-state index in [0.29, 0.717) is 6.54 Å². The number of amides is 1. The summed E-state index contributed by atoms with van der Waals surface area (Å²) in [5.74, 6) is 0.483. The van der Waals surface area contributed by atoms with Gasteiger partial charge in [0.2, 0.25) is 5.91 Å². The number of hydrogen-bond donors (Lipinski definition) is 1. The van der Waals surface area contributed by atoms with Gasteiger partial charge in [0.1, 0.15) is 12.2 Å². The van der Waals surface area contributed by atoms with E-state index in [1.54, 1.807) is 10.9 Å². The third-order valence-electron chi connectivity index (χ3n) is 3.40. The molecule has 2 heterocycles. The zero-order valence-electron chi connectivity index (χ0n) is 13.3. The fourth-order valence-electron chi connectivity index (χ4n) is 2.28. The number of pyridine rings is 1. The molecule has 6 nitrogen and oxygen atoms in total. The van der Waals surface area contributed by atoms with Crippen LogP contribution in [0.4, 0.5) is 13.2 Å². The Hall–Kier alpha value is -2.45. The number of nitrogens with zero attached hydrogens (tertiary/aromatic N) is 4. The minimum absolute atomic E-state index is 0.144. The smallest absolute Gasteiger partial charge is 0.354 e. The third-order valence-corrected chi connectivity index (χ3v) is 3.40. The fourth-order valence-corrected chi connectivity index (χ4v) is 2.28. The lowest BCUT2D eigenvalue weighted by Crippen LogP contribution is -2.29. The second-order valence-electron chi connectivity index (χ2n) is 5.59. The summed E-state index contributed by atoms with van der Waals surface area (Å²) >= 11 is 0. The van der Waals surface area contributed by atoms with Gasteiger partial charge in [0.15, 0.2) is 0 Å². The molecule has 0 saturated carbocycles. The maximum absolute atomic E-state index is 12.9. The Balaban J connectivity index is 1.92. The van der Waals surface area contributed by atoms with Crippen LogP contribution in [0.15, 0.2) is 24.8 Å². The molecule has 2 rings (SSSR count). The van der Waals surface area contributed by atoms with E-state index in [1.807, 2.05) is 13.8 Å². The number of rotatable bonds is 6. The largest absolute Gasteiger partial charge is 0.416 e. The summed E-state index contributed by atoms with van der Waals surface area (Å²) in [5.41, 5.74) is -0.983. The van der Waals surface area contributed by atoms with Gasteiger partial charge < -0.3 is 9.88 Å². The van der Waals surface area contributed by atoms with Crippen LogP contribution >= 0.6 is 0 Å². The van der Waals surface area contributed by atoms with E-state index < -0.39 is 17.6 Å². The molecule has 0 aromatic carbocycles. The fraction of sp³-hybridized carbons (Fsp3) is 0.467. The summed E-state index contributed by atoms with van der Waals surface area (Å²) in [4.78, 5) is 15.6. The quantitative estimate of drug-likeness (QED) is 0.874. The van der Waals surface area contributed by atoms with Gasteiger partial charge >= 0.3 is 6.18 Å². The number of halogens is 3. The monoisotopic (exact) mass is 341 g/mol. The second-order valence-corrected chi connectivity index (χ2v) is 5.59. The molecule has 2 aromatic heterocycles. The third kappa shape index (κ3) is 4.53. The highest BCUT2D eigenvalue weighted by Crippen LogP contribution is 2.31. The normalized spacial score (nSPS) is 11.8. The number of carbonyl (C=O) groups excluding carboxylic acids is 1. The summed E-state index contributed by atoms with van der Waals surface area (Å²) in [6, 6.07) is 0.870. The van der Waals surface area contributed by atoms with Crippen molar-refractivity contribution in [2.75, 3.05) is 6.54 Å². The molecule has 9 heteroatoms. The highest BCUT2D eigenvalue weighted by atomic mass is 19.4. The van der Waals surface area contributed by atoms with Crippen molar-refractivity contribution in [3.63, 3.8) is 0 Å². The minimum Gasteiger partial charge on any atom is -0.354 e. The summed E-state index contributed by atoms with van der Waals surface area (Å²) in [6.07, 6.45) is -1.19. The number of alkyl halides is 3. The lowest BCUT2D eigenvalue weighted by atomic mass is 10.1. The lowest BCUT2D eigenvalue weighted by molar-refractivity contribution is -0.138. The molecule has 2 aromatic rings. The van der Waals surface area contributed by atoms with E-state index in [-0.39, 0.29) is 24.4 Å². The van der Waals surface area contributed by atoms with E-state index in [2.05, 4.69) is 20.5 Å². The highest BCUT2D eigenvalue weighted by Gasteiger charge is 2.33. The van der Waals surface area contributed by atoms with Gasteiger partial charge in [-0.3, -0.25) is 9.78 Å². The van der Waals surface area contributed by atoms with Gasteiger partial charge in [0, 0.05) is 31.4 Å². The van der Waals surface area contributed by atoms with Gasteiger partial charge in [0.05, 0.1) is 12.0 Å². The zero-order chi connectivity index (χ0) is 17.7. The Morgan fingerprint density at radius 1 is 1.38 bits per heavy atom. The van der Waals surface area contributed by atoms with Crippen molar-refractivity contribution in [1.29, 1.82) is 0 Å². The van der Waals surface area contributed by atoms with Gasteiger partial charge in [-0.25, -0.2) is 0 Å². The van der Waals surface area contributed by atoms with Crippen molar-refractivity contribution in [2.24, 2.45) is 0 Å². The van der Waals surface area contributed by atoms with Crippen molar-refractivity contribution in [3.8, 4) is 0 Å². The number of hydrogen-bond acceptors (Lipinski definition) is 4. The number of nitrogens with one attached hydrogen (secondary N) is 1. The molecule has 1 N–H and O–H groups in total. The molecule has 0 unspecified atom stereocenters. The molecule has 0 radical (unpaired) electrons.